The Morgan fingerprint density at radius 1 is 1.00 bits per heavy atom. The number of hydrogen-bond donors (Lipinski definition) is 1. The van der Waals surface area contributed by atoms with Gasteiger partial charge in [0, 0.05) is 33.9 Å². The average molecular weight is 290 g/mol. The molecule has 1 aromatic carbocycles. The number of anilines is 2. The van der Waals surface area contributed by atoms with E-state index in [1.54, 1.807) is 14.2 Å². The molecule has 6 heteroatoms. The van der Waals surface area contributed by atoms with E-state index in [2.05, 4.69) is 14.9 Å². The SMILES string of the molecule is COCCCN(CCOC)c1nc2ccccc2nc1N. The van der Waals surface area contributed by atoms with Crippen LogP contribution in [0, 0.1) is 0 Å². The van der Waals surface area contributed by atoms with E-state index < -0.39 is 0 Å². The van der Waals surface area contributed by atoms with Gasteiger partial charge in [-0.05, 0) is 18.6 Å². The number of rotatable bonds is 8. The fourth-order valence-electron chi connectivity index (χ4n) is 2.16. The molecule has 2 rings (SSSR count). The number of nitrogens with zero attached hydrogens (tertiary/aromatic N) is 3. The lowest BCUT2D eigenvalue weighted by Gasteiger charge is -2.24. The molecular formula is C15H22N4O2. The summed E-state index contributed by atoms with van der Waals surface area (Å²) in [4.78, 5) is 11.2. The molecule has 2 N–H and O–H groups in total. The van der Waals surface area contributed by atoms with Gasteiger partial charge in [0.05, 0.1) is 17.6 Å². The summed E-state index contributed by atoms with van der Waals surface area (Å²) in [7, 11) is 3.38. The topological polar surface area (TPSA) is 73.5 Å². The third-order valence-electron chi connectivity index (χ3n) is 3.22. The molecule has 0 fully saturated rings. The number of aromatic nitrogens is 2. The van der Waals surface area contributed by atoms with E-state index in [1.165, 1.54) is 0 Å². The Labute approximate surface area is 124 Å². The molecule has 0 amide bonds. The van der Waals surface area contributed by atoms with Gasteiger partial charge >= 0.3 is 0 Å². The number of benzene rings is 1. The summed E-state index contributed by atoms with van der Waals surface area (Å²) in [6.45, 7) is 2.83. The minimum absolute atomic E-state index is 0.446. The highest BCUT2D eigenvalue weighted by Crippen LogP contribution is 2.22. The van der Waals surface area contributed by atoms with Crippen molar-refractivity contribution < 1.29 is 9.47 Å². The van der Waals surface area contributed by atoms with Gasteiger partial charge in [-0.1, -0.05) is 12.1 Å². The summed E-state index contributed by atoms with van der Waals surface area (Å²) in [6, 6.07) is 7.72. The van der Waals surface area contributed by atoms with Crippen molar-refractivity contribution in [3.63, 3.8) is 0 Å². The van der Waals surface area contributed by atoms with E-state index in [0.29, 0.717) is 24.8 Å². The Balaban J connectivity index is 2.26. The minimum atomic E-state index is 0.446. The molecule has 21 heavy (non-hydrogen) atoms. The Morgan fingerprint density at radius 2 is 1.67 bits per heavy atom. The molecule has 114 valence electrons. The molecule has 0 aliphatic carbocycles. The molecular weight excluding hydrogens is 268 g/mol. The standard InChI is InChI=1S/C15H22N4O2/c1-20-10-5-8-19(9-11-21-2)15-14(16)17-12-6-3-4-7-13(12)18-15/h3-4,6-7H,5,8-11H2,1-2H3,(H2,16,17). The second-order valence-corrected chi connectivity index (χ2v) is 4.75. The fourth-order valence-corrected chi connectivity index (χ4v) is 2.16. The number of fused-ring (bicyclic) bond motifs is 1. The number of ether oxygens (including phenoxy) is 2. The lowest BCUT2D eigenvalue weighted by Crippen LogP contribution is -2.30. The maximum atomic E-state index is 6.08. The number of hydrogen-bond acceptors (Lipinski definition) is 6. The normalized spacial score (nSPS) is 11.0. The Kier molecular flexibility index (Phi) is 5.71. The molecule has 0 saturated heterocycles. The van der Waals surface area contributed by atoms with Crippen molar-refractivity contribution >= 4 is 22.7 Å². The molecule has 0 atom stereocenters. The molecule has 0 radical (unpaired) electrons. The first-order valence-electron chi connectivity index (χ1n) is 7.01. The van der Waals surface area contributed by atoms with Crippen molar-refractivity contribution in [1.82, 2.24) is 9.97 Å². The molecule has 0 aliphatic rings. The molecule has 2 aromatic rings. The van der Waals surface area contributed by atoms with Crippen LogP contribution >= 0.6 is 0 Å². The van der Waals surface area contributed by atoms with E-state index >= 15 is 0 Å². The molecule has 0 aliphatic heterocycles. The van der Waals surface area contributed by atoms with E-state index in [4.69, 9.17) is 15.2 Å². The highest BCUT2D eigenvalue weighted by Gasteiger charge is 2.13. The summed E-state index contributed by atoms with van der Waals surface area (Å²) in [5, 5.41) is 0. The smallest absolute Gasteiger partial charge is 0.172 e. The van der Waals surface area contributed by atoms with Crippen LogP contribution in [0.3, 0.4) is 0 Å². The summed E-state index contributed by atoms with van der Waals surface area (Å²) in [5.41, 5.74) is 7.73. The van der Waals surface area contributed by atoms with Gasteiger partial charge in [0.2, 0.25) is 0 Å². The lowest BCUT2D eigenvalue weighted by atomic mass is 10.3. The van der Waals surface area contributed by atoms with Gasteiger partial charge in [0.25, 0.3) is 0 Å². The van der Waals surface area contributed by atoms with Crippen molar-refractivity contribution in [2.24, 2.45) is 0 Å². The van der Waals surface area contributed by atoms with Crippen LogP contribution in [-0.4, -0.2) is 50.5 Å². The highest BCUT2D eigenvalue weighted by molar-refractivity contribution is 5.79. The van der Waals surface area contributed by atoms with Crippen LogP contribution in [0.1, 0.15) is 6.42 Å². The largest absolute Gasteiger partial charge is 0.385 e. The summed E-state index contributed by atoms with van der Waals surface area (Å²) < 4.78 is 10.3. The van der Waals surface area contributed by atoms with Gasteiger partial charge in [-0.15, -0.1) is 0 Å². The van der Waals surface area contributed by atoms with Gasteiger partial charge in [-0.2, -0.15) is 0 Å². The van der Waals surface area contributed by atoms with Crippen LogP contribution in [0.2, 0.25) is 0 Å². The van der Waals surface area contributed by atoms with E-state index in [1.807, 2.05) is 24.3 Å². The van der Waals surface area contributed by atoms with Crippen molar-refractivity contribution in [3.8, 4) is 0 Å². The molecule has 1 heterocycles. The fraction of sp³-hybridized carbons (Fsp3) is 0.467. The summed E-state index contributed by atoms with van der Waals surface area (Å²) in [6.07, 6.45) is 0.897. The third kappa shape index (κ3) is 4.03. The van der Waals surface area contributed by atoms with Crippen LogP contribution in [0.25, 0.3) is 11.0 Å². The van der Waals surface area contributed by atoms with E-state index in [0.717, 1.165) is 30.5 Å². The van der Waals surface area contributed by atoms with Crippen molar-refractivity contribution in [3.05, 3.63) is 24.3 Å². The summed E-state index contributed by atoms with van der Waals surface area (Å²) in [5.74, 6) is 1.16. The van der Waals surface area contributed by atoms with Gasteiger partial charge in [0.1, 0.15) is 0 Å². The predicted octanol–water partition coefficient (Wildman–Crippen LogP) is 1.70. The van der Waals surface area contributed by atoms with Crippen molar-refractivity contribution in [2.75, 3.05) is 51.2 Å². The molecule has 1 aromatic heterocycles. The Hall–Kier alpha value is -1.92. The number of methoxy groups -OCH3 is 2. The van der Waals surface area contributed by atoms with Gasteiger partial charge in [0.15, 0.2) is 11.6 Å². The zero-order valence-electron chi connectivity index (χ0n) is 12.6. The molecule has 0 saturated carbocycles. The first-order chi connectivity index (χ1) is 10.3. The first-order valence-corrected chi connectivity index (χ1v) is 7.01. The van der Waals surface area contributed by atoms with Crippen LogP contribution in [0.15, 0.2) is 24.3 Å². The quantitative estimate of drug-likeness (QED) is 0.746. The second kappa shape index (κ2) is 7.75. The third-order valence-corrected chi connectivity index (χ3v) is 3.22. The number of nitrogen functional groups attached to an aromatic ring is 1. The van der Waals surface area contributed by atoms with Crippen LogP contribution in [0.4, 0.5) is 11.6 Å². The van der Waals surface area contributed by atoms with Crippen LogP contribution in [-0.2, 0) is 9.47 Å². The van der Waals surface area contributed by atoms with Gasteiger partial charge in [-0.25, -0.2) is 9.97 Å². The Morgan fingerprint density at radius 3 is 2.33 bits per heavy atom. The average Bonchev–Trinajstić information content (AvgIpc) is 2.50. The number of nitrogens with two attached hydrogens (primary N) is 1. The Bertz CT molecular complexity index is 577. The van der Waals surface area contributed by atoms with Crippen molar-refractivity contribution in [1.29, 1.82) is 0 Å². The molecule has 6 nitrogen and oxygen atoms in total. The molecule has 0 bridgehead atoms. The lowest BCUT2D eigenvalue weighted by molar-refractivity contribution is 0.191. The predicted molar refractivity (Wildman–Crippen MR) is 84.5 cm³/mol. The van der Waals surface area contributed by atoms with Crippen LogP contribution < -0.4 is 10.6 Å². The van der Waals surface area contributed by atoms with Gasteiger partial charge < -0.3 is 20.1 Å². The van der Waals surface area contributed by atoms with Crippen molar-refractivity contribution in [2.45, 2.75) is 6.42 Å². The first kappa shape index (κ1) is 15.5. The highest BCUT2D eigenvalue weighted by atomic mass is 16.5. The maximum Gasteiger partial charge on any atom is 0.172 e. The second-order valence-electron chi connectivity index (χ2n) is 4.75. The summed E-state index contributed by atoms with van der Waals surface area (Å²) >= 11 is 0. The maximum absolute atomic E-state index is 6.08. The minimum Gasteiger partial charge on any atom is -0.385 e. The van der Waals surface area contributed by atoms with Gasteiger partial charge in [-0.3, -0.25) is 0 Å². The van der Waals surface area contributed by atoms with E-state index in [-0.39, 0.29) is 0 Å². The zero-order chi connectivity index (χ0) is 15.1. The zero-order valence-corrected chi connectivity index (χ0v) is 12.6. The molecule has 0 spiro atoms. The number of para-hydroxylation sites is 2. The van der Waals surface area contributed by atoms with E-state index in [9.17, 15) is 0 Å². The van der Waals surface area contributed by atoms with Crippen LogP contribution in [0.5, 0.6) is 0 Å². The molecule has 0 unspecified atom stereocenters. The monoisotopic (exact) mass is 290 g/mol.